The largest absolute Gasteiger partial charge is 0.381 e. The van der Waals surface area contributed by atoms with Crippen molar-refractivity contribution >= 4 is 6.03 Å². The summed E-state index contributed by atoms with van der Waals surface area (Å²) in [6, 6.07) is 11.1. The van der Waals surface area contributed by atoms with Crippen LogP contribution in [0.2, 0.25) is 0 Å². The molecule has 0 unspecified atom stereocenters. The van der Waals surface area contributed by atoms with Gasteiger partial charge in [0.2, 0.25) is 0 Å². The fraction of sp³-hybridized carbons (Fsp3) is 0.650. The molecule has 5 nitrogen and oxygen atoms in total. The third-order valence-electron chi connectivity index (χ3n) is 6.16. The number of nitrogens with one attached hydrogen (secondary N) is 2. The molecule has 3 heterocycles. The van der Waals surface area contributed by atoms with Gasteiger partial charge < -0.3 is 20.3 Å². The van der Waals surface area contributed by atoms with Crippen LogP contribution < -0.4 is 10.6 Å². The second kappa shape index (κ2) is 7.34. The number of hydrogen-bond acceptors (Lipinski definition) is 3. The first-order valence-corrected chi connectivity index (χ1v) is 9.71. The Bertz CT molecular complexity index is 582. The highest BCUT2D eigenvalue weighted by atomic mass is 16.5. The molecule has 1 atom stereocenters. The van der Waals surface area contributed by atoms with E-state index < -0.39 is 0 Å². The zero-order chi connectivity index (χ0) is 17.1. The molecule has 2 N–H and O–H groups in total. The molecule has 0 aliphatic carbocycles. The van der Waals surface area contributed by atoms with Gasteiger partial charge in [-0.15, -0.1) is 0 Å². The van der Waals surface area contributed by atoms with Gasteiger partial charge in [0.15, 0.2) is 0 Å². The van der Waals surface area contributed by atoms with Crippen molar-refractivity contribution in [2.24, 2.45) is 5.92 Å². The molecule has 3 aliphatic rings. The van der Waals surface area contributed by atoms with Crippen LogP contribution >= 0.6 is 0 Å². The first-order valence-electron chi connectivity index (χ1n) is 9.71. The monoisotopic (exact) mass is 343 g/mol. The van der Waals surface area contributed by atoms with Crippen molar-refractivity contribution in [3.05, 3.63) is 35.9 Å². The zero-order valence-corrected chi connectivity index (χ0v) is 14.9. The van der Waals surface area contributed by atoms with Crippen LogP contribution in [0.25, 0.3) is 0 Å². The van der Waals surface area contributed by atoms with Gasteiger partial charge in [0, 0.05) is 25.8 Å². The Balaban J connectivity index is 1.69. The van der Waals surface area contributed by atoms with Crippen LogP contribution in [0, 0.1) is 5.92 Å². The number of carbonyl (C=O) groups excluding carboxylic acids is 1. The Morgan fingerprint density at radius 2 is 1.80 bits per heavy atom. The highest BCUT2D eigenvalue weighted by Gasteiger charge is 2.50. The minimum atomic E-state index is -0.220. The van der Waals surface area contributed by atoms with Crippen LogP contribution in [0.4, 0.5) is 4.79 Å². The van der Waals surface area contributed by atoms with Crippen LogP contribution in [0.1, 0.15) is 37.7 Å². The third-order valence-corrected chi connectivity index (χ3v) is 6.16. The second-order valence-corrected chi connectivity index (χ2v) is 7.67. The van der Waals surface area contributed by atoms with Crippen molar-refractivity contribution in [3.63, 3.8) is 0 Å². The van der Waals surface area contributed by atoms with Gasteiger partial charge in [0.25, 0.3) is 0 Å². The normalized spacial score (nSPS) is 29.0. The summed E-state index contributed by atoms with van der Waals surface area (Å²) in [5.74, 6) is 0.617. The quantitative estimate of drug-likeness (QED) is 0.883. The van der Waals surface area contributed by atoms with E-state index in [9.17, 15) is 4.79 Å². The lowest BCUT2D eigenvalue weighted by Crippen LogP contribution is -2.54. The van der Waals surface area contributed by atoms with Crippen molar-refractivity contribution in [1.82, 2.24) is 15.5 Å². The van der Waals surface area contributed by atoms with Crippen molar-refractivity contribution in [3.8, 4) is 0 Å². The number of rotatable bonds is 4. The minimum absolute atomic E-state index is 0.114. The maximum absolute atomic E-state index is 12.9. The molecular weight excluding hydrogens is 314 g/mol. The number of nitrogens with zero attached hydrogens (tertiary/aromatic N) is 1. The number of benzene rings is 1. The summed E-state index contributed by atoms with van der Waals surface area (Å²) >= 11 is 0. The van der Waals surface area contributed by atoms with Crippen molar-refractivity contribution < 1.29 is 9.53 Å². The lowest BCUT2D eigenvalue weighted by atomic mass is 9.77. The van der Waals surface area contributed by atoms with Gasteiger partial charge in [-0.2, -0.15) is 0 Å². The molecule has 3 saturated heterocycles. The predicted molar refractivity (Wildman–Crippen MR) is 97.4 cm³/mol. The molecule has 1 aromatic rings. The number of urea groups is 1. The van der Waals surface area contributed by atoms with E-state index in [-0.39, 0.29) is 11.6 Å². The fourth-order valence-corrected chi connectivity index (χ4v) is 4.87. The van der Waals surface area contributed by atoms with Gasteiger partial charge in [-0.3, -0.25) is 0 Å². The molecule has 0 bridgehead atoms. The van der Waals surface area contributed by atoms with Gasteiger partial charge in [0.1, 0.15) is 0 Å². The van der Waals surface area contributed by atoms with Gasteiger partial charge >= 0.3 is 6.03 Å². The van der Waals surface area contributed by atoms with Gasteiger partial charge in [-0.25, -0.2) is 4.79 Å². The molecule has 2 amide bonds. The lowest BCUT2D eigenvalue weighted by molar-refractivity contribution is 0.0287. The minimum Gasteiger partial charge on any atom is -0.381 e. The third kappa shape index (κ3) is 3.27. The van der Waals surface area contributed by atoms with Crippen LogP contribution in [0.3, 0.4) is 0 Å². The molecule has 0 aromatic heterocycles. The van der Waals surface area contributed by atoms with Crippen LogP contribution in [0.15, 0.2) is 30.3 Å². The maximum Gasteiger partial charge on any atom is 0.318 e. The van der Waals surface area contributed by atoms with E-state index in [1.807, 2.05) is 0 Å². The molecule has 0 spiro atoms. The molecule has 3 aliphatic heterocycles. The first kappa shape index (κ1) is 16.9. The summed E-state index contributed by atoms with van der Waals surface area (Å²) in [4.78, 5) is 15.1. The SMILES string of the molecule is O=C1NC[C@@](CC2CCOCC2)(c2ccccc2)N1C1CCNCC1. The molecule has 4 rings (SSSR count). The van der Waals surface area contributed by atoms with Crippen molar-refractivity contribution in [2.45, 2.75) is 43.7 Å². The number of amides is 2. The standard InChI is InChI=1S/C20H29N3O2/c24-19-22-15-20(17-4-2-1-3-5-17,14-16-8-12-25-13-9-16)23(19)18-6-10-21-11-7-18/h1-5,16,18,21H,6-15H2,(H,22,24)/t20-/m0/s1. The Hall–Kier alpha value is -1.59. The average molecular weight is 343 g/mol. The molecule has 3 fully saturated rings. The lowest BCUT2D eigenvalue weighted by Gasteiger charge is -2.45. The molecule has 1 aromatic carbocycles. The number of hydrogen-bond donors (Lipinski definition) is 2. The highest BCUT2D eigenvalue weighted by Crippen LogP contribution is 2.42. The van der Waals surface area contributed by atoms with E-state index in [4.69, 9.17) is 4.74 Å². The van der Waals surface area contributed by atoms with Crippen LogP contribution in [-0.4, -0.2) is 49.8 Å². The van der Waals surface area contributed by atoms with E-state index in [2.05, 4.69) is 45.9 Å². The van der Waals surface area contributed by atoms with Gasteiger partial charge in [-0.1, -0.05) is 30.3 Å². The van der Waals surface area contributed by atoms with Gasteiger partial charge in [-0.05, 0) is 56.7 Å². The van der Waals surface area contributed by atoms with E-state index in [1.165, 1.54) is 5.56 Å². The molecule has 0 saturated carbocycles. The maximum atomic E-state index is 12.9. The topological polar surface area (TPSA) is 53.6 Å². The molecule has 25 heavy (non-hydrogen) atoms. The molecule has 0 radical (unpaired) electrons. The zero-order valence-electron chi connectivity index (χ0n) is 14.9. The summed E-state index contributed by atoms with van der Waals surface area (Å²) in [6.45, 7) is 4.42. The smallest absolute Gasteiger partial charge is 0.318 e. The molecular formula is C20H29N3O2. The van der Waals surface area contributed by atoms with Crippen molar-refractivity contribution in [2.75, 3.05) is 32.8 Å². The fourth-order valence-electron chi connectivity index (χ4n) is 4.87. The first-order chi connectivity index (χ1) is 12.3. The second-order valence-electron chi connectivity index (χ2n) is 7.67. The Morgan fingerprint density at radius 3 is 2.52 bits per heavy atom. The molecule has 136 valence electrons. The van der Waals surface area contributed by atoms with E-state index >= 15 is 0 Å². The van der Waals surface area contributed by atoms with E-state index in [1.54, 1.807) is 0 Å². The molecule has 5 heteroatoms. The van der Waals surface area contributed by atoms with E-state index in [0.717, 1.165) is 65.0 Å². The highest BCUT2D eigenvalue weighted by molar-refractivity contribution is 5.79. The Morgan fingerprint density at radius 1 is 1.08 bits per heavy atom. The number of piperidine rings is 1. The summed E-state index contributed by atoms with van der Waals surface area (Å²) in [7, 11) is 0. The predicted octanol–water partition coefficient (Wildman–Crippen LogP) is 2.48. The van der Waals surface area contributed by atoms with Crippen molar-refractivity contribution in [1.29, 1.82) is 0 Å². The summed E-state index contributed by atoms with van der Waals surface area (Å²) in [6.07, 6.45) is 5.31. The van der Waals surface area contributed by atoms with Gasteiger partial charge in [0.05, 0.1) is 5.54 Å². The number of carbonyl (C=O) groups is 1. The van der Waals surface area contributed by atoms with Crippen LogP contribution in [0.5, 0.6) is 0 Å². The summed E-state index contributed by atoms with van der Waals surface area (Å²) < 4.78 is 5.56. The summed E-state index contributed by atoms with van der Waals surface area (Å²) in [5, 5.41) is 6.61. The summed E-state index contributed by atoms with van der Waals surface area (Å²) in [5.41, 5.74) is 1.06. The van der Waals surface area contributed by atoms with Crippen LogP contribution in [-0.2, 0) is 10.3 Å². The Kier molecular flexibility index (Phi) is 4.95. The Labute approximate surface area is 150 Å². The van der Waals surface area contributed by atoms with E-state index in [0.29, 0.717) is 12.0 Å². The number of ether oxygens (including phenoxy) is 1. The average Bonchev–Trinajstić information content (AvgIpc) is 3.01.